The maximum atomic E-state index is 12.4. The Morgan fingerprint density at radius 2 is 1.96 bits per heavy atom. The van der Waals surface area contributed by atoms with E-state index in [9.17, 15) is 4.79 Å². The molecule has 0 aliphatic carbocycles. The molecule has 0 fully saturated rings. The molecule has 1 amide bonds. The monoisotopic (exact) mass is 354 g/mol. The molecule has 1 aromatic heterocycles. The molecule has 5 heteroatoms. The highest BCUT2D eigenvalue weighted by Gasteiger charge is 2.11. The van der Waals surface area contributed by atoms with Crippen LogP contribution < -0.4 is 5.32 Å². The van der Waals surface area contributed by atoms with Crippen molar-refractivity contribution >= 4 is 34.1 Å². The zero-order chi connectivity index (χ0) is 17.1. The van der Waals surface area contributed by atoms with E-state index in [0.29, 0.717) is 10.7 Å². The average Bonchev–Trinajstić information content (AvgIpc) is 3.06. The summed E-state index contributed by atoms with van der Waals surface area (Å²) in [6.45, 7) is 4.18. The van der Waals surface area contributed by atoms with Crippen LogP contribution in [0.3, 0.4) is 0 Å². The quantitative estimate of drug-likeness (QED) is 0.638. The molecule has 0 saturated carbocycles. The van der Waals surface area contributed by atoms with Crippen LogP contribution in [0.5, 0.6) is 0 Å². The maximum absolute atomic E-state index is 12.4. The second-order valence-corrected chi connectivity index (χ2v) is 7.26. The first-order valence-corrected chi connectivity index (χ1v) is 9.66. The summed E-state index contributed by atoms with van der Waals surface area (Å²) < 4.78 is 0. The zero-order valence-electron chi connectivity index (χ0n) is 13.8. The summed E-state index contributed by atoms with van der Waals surface area (Å²) >= 11 is 3.06. The van der Waals surface area contributed by atoms with Crippen LogP contribution in [0.1, 0.15) is 21.5 Å². The molecule has 0 bridgehead atoms. The number of hydrogen-bond acceptors (Lipinski definition) is 4. The van der Waals surface area contributed by atoms with Crippen molar-refractivity contribution in [3.63, 3.8) is 0 Å². The number of anilines is 1. The average molecular weight is 355 g/mol. The molecule has 1 heterocycles. The van der Waals surface area contributed by atoms with Gasteiger partial charge >= 0.3 is 0 Å². The van der Waals surface area contributed by atoms with Crippen molar-refractivity contribution in [1.82, 2.24) is 4.98 Å². The highest BCUT2D eigenvalue weighted by molar-refractivity contribution is 7.98. The summed E-state index contributed by atoms with van der Waals surface area (Å²) in [4.78, 5) is 18.0. The van der Waals surface area contributed by atoms with Gasteiger partial charge in [-0.25, -0.2) is 4.98 Å². The number of aryl methyl sites for hydroxylation is 2. The van der Waals surface area contributed by atoms with Crippen molar-refractivity contribution in [2.75, 3.05) is 11.6 Å². The number of benzene rings is 2. The number of carbonyl (C=O) groups excluding carboxylic acids is 1. The van der Waals surface area contributed by atoms with Crippen LogP contribution in [0.4, 0.5) is 5.13 Å². The first-order chi connectivity index (χ1) is 11.6. The summed E-state index contributed by atoms with van der Waals surface area (Å²) in [5, 5.41) is 5.47. The molecule has 3 nitrogen and oxygen atoms in total. The van der Waals surface area contributed by atoms with Gasteiger partial charge < -0.3 is 0 Å². The standard InChI is InChI=1S/C19H18N2OS2/c1-12-7-8-14(9-13(12)2)17-11-24-19(20-17)21-18(22)15-5-4-6-16(10-15)23-3/h4-11H,1-3H3,(H,20,21,22). The molecule has 122 valence electrons. The molecule has 0 radical (unpaired) electrons. The lowest BCUT2D eigenvalue weighted by molar-refractivity contribution is 0.102. The first kappa shape index (κ1) is 16.7. The van der Waals surface area contributed by atoms with E-state index in [0.717, 1.165) is 16.2 Å². The predicted octanol–water partition coefficient (Wildman–Crippen LogP) is 5.40. The summed E-state index contributed by atoms with van der Waals surface area (Å²) in [7, 11) is 0. The van der Waals surface area contributed by atoms with Gasteiger partial charge in [0.05, 0.1) is 5.69 Å². The third-order valence-electron chi connectivity index (χ3n) is 3.86. The van der Waals surface area contributed by atoms with Gasteiger partial charge in [-0.2, -0.15) is 0 Å². The molecule has 3 rings (SSSR count). The molecule has 2 aromatic carbocycles. The molecule has 3 aromatic rings. The van der Waals surface area contributed by atoms with Crippen molar-refractivity contribution in [3.8, 4) is 11.3 Å². The lowest BCUT2D eigenvalue weighted by atomic mass is 10.1. The van der Waals surface area contributed by atoms with Crippen LogP contribution in [0.25, 0.3) is 11.3 Å². The SMILES string of the molecule is CSc1cccc(C(=O)Nc2nc(-c3ccc(C)c(C)c3)cs2)c1. The number of hydrogen-bond donors (Lipinski definition) is 1. The molecule has 0 unspecified atom stereocenters. The van der Waals surface area contributed by atoms with Gasteiger partial charge in [-0.3, -0.25) is 10.1 Å². The highest BCUT2D eigenvalue weighted by Crippen LogP contribution is 2.27. The van der Waals surface area contributed by atoms with Crippen LogP contribution in [0.2, 0.25) is 0 Å². The van der Waals surface area contributed by atoms with Crippen molar-refractivity contribution < 1.29 is 4.79 Å². The number of thiazole rings is 1. The Morgan fingerprint density at radius 1 is 1.12 bits per heavy atom. The summed E-state index contributed by atoms with van der Waals surface area (Å²) in [5.41, 5.74) is 5.09. The van der Waals surface area contributed by atoms with Gasteiger partial charge in [-0.1, -0.05) is 18.2 Å². The number of rotatable bonds is 4. The number of thioether (sulfide) groups is 1. The van der Waals surface area contributed by atoms with E-state index in [-0.39, 0.29) is 5.91 Å². The summed E-state index contributed by atoms with van der Waals surface area (Å²) in [6.07, 6.45) is 1.99. The predicted molar refractivity (Wildman–Crippen MR) is 103 cm³/mol. The maximum Gasteiger partial charge on any atom is 0.257 e. The second-order valence-electron chi connectivity index (χ2n) is 5.52. The van der Waals surface area contributed by atoms with Gasteiger partial charge in [0.2, 0.25) is 0 Å². The Balaban J connectivity index is 1.78. The molecule has 0 aliphatic rings. The fourth-order valence-electron chi connectivity index (χ4n) is 2.30. The van der Waals surface area contributed by atoms with Crippen molar-refractivity contribution in [2.24, 2.45) is 0 Å². The number of carbonyl (C=O) groups is 1. The van der Waals surface area contributed by atoms with Crippen LogP contribution in [-0.2, 0) is 0 Å². The Bertz CT molecular complexity index is 887. The van der Waals surface area contributed by atoms with Gasteiger partial charge in [0, 0.05) is 21.4 Å². The lowest BCUT2D eigenvalue weighted by Crippen LogP contribution is -2.11. The van der Waals surface area contributed by atoms with E-state index in [1.807, 2.05) is 35.9 Å². The van der Waals surface area contributed by atoms with E-state index < -0.39 is 0 Å². The molecule has 0 saturated heterocycles. The summed E-state index contributed by atoms with van der Waals surface area (Å²) in [5.74, 6) is -0.133. The molecular weight excluding hydrogens is 336 g/mol. The topological polar surface area (TPSA) is 42.0 Å². The first-order valence-electron chi connectivity index (χ1n) is 7.55. The fourth-order valence-corrected chi connectivity index (χ4v) is 3.47. The minimum Gasteiger partial charge on any atom is -0.298 e. The van der Waals surface area contributed by atoms with E-state index in [2.05, 4.69) is 42.3 Å². The zero-order valence-corrected chi connectivity index (χ0v) is 15.4. The molecule has 0 aliphatic heterocycles. The molecular formula is C19H18N2OS2. The number of amides is 1. The third-order valence-corrected chi connectivity index (χ3v) is 5.34. The van der Waals surface area contributed by atoms with Gasteiger partial charge in [-0.15, -0.1) is 23.1 Å². The van der Waals surface area contributed by atoms with Gasteiger partial charge in [-0.05, 0) is 55.5 Å². The third kappa shape index (κ3) is 3.68. The number of nitrogens with zero attached hydrogens (tertiary/aromatic N) is 1. The Labute approximate surface area is 150 Å². The number of aromatic nitrogens is 1. The van der Waals surface area contributed by atoms with E-state index in [1.165, 1.54) is 22.5 Å². The largest absolute Gasteiger partial charge is 0.298 e. The molecule has 1 N–H and O–H groups in total. The minimum absolute atomic E-state index is 0.133. The van der Waals surface area contributed by atoms with Gasteiger partial charge in [0.1, 0.15) is 0 Å². The van der Waals surface area contributed by atoms with Crippen molar-refractivity contribution in [2.45, 2.75) is 18.7 Å². The molecule has 0 spiro atoms. The van der Waals surface area contributed by atoms with E-state index in [1.54, 1.807) is 11.8 Å². The van der Waals surface area contributed by atoms with E-state index in [4.69, 9.17) is 0 Å². The summed E-state index contributed by atoms with van der Waals surface area (Å²) in [6, 6.07) is 13.9. The Hall–Kier alpha value is -2.11. The Morgan fingerprint density at radius 3 is 2.71 bits per heavy atom. The second kappa shape index (κ2) is 7.20. The minimum atomic E-state index is -0.133. The van der Waals surface area contributed by atoms with E-state index >= 15 is 0 Å². The smallest absolute Gasteiger partial charge is 0.257 e. The Kier molecular flexibility index (Phi) is 5.02. The highest BCUT2D eigenvalue weighted by atomic mass is 32.2. The van der Waals surface area contributed by atoms with Crippen LogP contribution in [0.15, 0.2) is 52.7 Å². The van der Waals surface area contributed by atoms with Crippen LogP contribution >= 0.6 is 23.1 Å². The van der Waals surface area contributed by atoms with Crippen LogP contribution in [-0.4, -0.2) is 17.1 Å². The molecule has 0 atom stereocenters. The van der Waals surface area contributed by atoms with Gasteiger partial charge in [0.25, 0.3) is 5.91 Å². The number of nitrogens with one attached hydrogen (secondary N) is 1. The lowest BCUT2D eigenvalue weighted by Gasteiger charge is -2.04. The fraction of sp³-hybridized carbons (Fsp3) is 0.158. The van der Waals surface area contributed by atoms with Gasteiger partial charge in [0.15, 0.2) is 5.13 Å². The van der Waals surface area contributed by atoms with Crippen molar-refractivity contribution in [3.05, 3.63) is 64.5 Å². The van der Waals surface area contributed by atoms with Crippen molar-refractivity contribution in [1.29, 1.82) is 0 Å². The van der Waals surface area contributed by atoms with Crippen LogP contribution in [0, 0.1) is 13.8 Å². The normalized spacial score (nSPS) is 10.6. The molecule has 24 heavy (non-hydrogen) atoms.